The molecular formula is C15H21FN4O3. The predicted octanol–water partition coefficient (Wildman–Crippen LogP) is 0.0163. The van der Waals surface area contributed by atoms with E-state index in [9.17, 15) is 14.0 Å². The molecule has 1 atom stereocenters. The van der Waals surface area contributed by atoms with E-state index >= 15 is 0 Å². The molecule has 1 aliphatic heterocycles. The van der Waals surface area contributed by atoms with Crippen molar-refractivity contribution in [2.45, 2.75) is 6.04 Å². The number of nitrogens with zero attached hydrogens (tertiary/aromatic N) is 2. The summed E-state index contributed by atoms with van der Waals surface area (Å²) >= 11 is 0. The Labute approximate surface area is 134 Å². The molecule has 2 rings (SSSR count). The highest BCUT2D eigenvalue weighted by atomic mass is 19.1. The first-order valence-corrected chi connectivity index (χ1v) is 7.29. The summed E-state index contributed by atoms with van der Waals surface area (Å²) < 4.78 is 19.3. The lowest BCUT2D eigenvalue weighted by Gasteiger charge is -2.27. The summed E-state index contributed by atoms with van der Waals surface area (Å²) in [6.07, 6.45) is 0. The maximum atomic E-state index is 14.3. The summed E-state index contributed by atoms with van der Waals surface area (Å²) in [4.78, 5) is 26.9. The van der Waals surface area contributed by atoms with Crippen molar-refractivity contribution >= 4 is 23.2 Å². The Morgan fingerprint density at radius 2 is 2.26 bits per heavy atom. The number of nitrogens with one attached hydrogen (secondary N) is 1. The summed E-state index contributed by atoms with van der Waals surface area (Å²) in [7, 11) is 3.48. The third-order valence-corrected chi connectivity index (χ3v) is 3.64. The average molecular weight is 324 g/mol. The molecule has 0 aliphatic carbocycles. The lowest BCUT2D eigenvalue weighted by atomic mass is 10.2. The number of hydrogen-bond acceptors (Lipinski definition) is 5. The van der Waals surface area contributed by atoms with Crippen LogP contribution in [-0.4, -0.2) is 63.2 Å². The van der Waals surface area contributed by atoms with E-state index in [-0.39, 0.29) is 30.7 Å². The molecule has 0 unspecified atom stereocenters. The number of ether oxygens (including phenoxy) is 1. The Morgan fingerprint density at radius 3 is 2.83 bits per heavy atom. The van der Waals surface area contributed by atoms with E-state index in [1.54, 1.807) is 25.1 Å². The van der Waals surface area contributed by atoms with E-state index in [4.69, 9.17) is 10.5 Å². The van der Waals surface area contributed by atoms with Crippen molar-refractivity contribution in [1.82, 2.24) is 4.90 Å². The van der Waals surface area contributed by atoms with Crippen LogP contribution in [-0.2, 0) is 14.3 Å². The van der Waals surface area contributed by atoms with E-state index in [2.05, 4.69) is 5.32 Å². The van der Waals surface area contributed by atoms with Crippen molar-refractivity contribution in [1.29, 1.82) is 0 Å². The molecule has 0 saturated carbocycles. The van der Waals surface area contributed by atoms with Crippen LogP contribution < -0.4 is 16.0 Å². The van der Waals surface area contributed by atoms with E-state index < -0.39 is 11.9 Å². The van der Waals surface area contributed by atoms with Gasteiger partial charge >= 0.3 is 0 Å². The Hall–Kier alpha value is -2.03. The smallest absolute Gasteiger partial charge is 0.253 e. The Balaban J connectivity index is 2.13. The second-order valence-electron chi connectivity index (χ2n) is 5.47. The maximum Gasteiger partial charge on any atom is 0.253 e. The molecule has 7 nitrogen and oxygen atoms in total. The zero-order chi connectivity index (χ0) is 17.0. The molecular weight excluding hydrogens is 303 g/mol. The molecule has 0 radical (unpaired) electrons. The zero-order valence-electron chi connectivity index (χ0n) is 13.2. The summed E-state index contributed by atoms with van der Waals surface area (Å²) in [6.45, 7) is 0.767. The first kappa shape index (κ1) is 17.3. The van der Waals surface area contributed by atoms with Crippen LogP contribution >= 0.6 is 0 Å². The Bertz CT molecular complexity index is 594. The third kappa shape index (κ3) is 4.04. The van der Waals surface area contributed by atoms with Crippen LogP contribution in [0, 0.1) is 5.82 Å². The van der Waals surface area contributed by atoms with Gasteiger partial charge in [0, 0.05) is 18.8 Å². The molecule has 3 N–H and O–H groups in total. The molecule has 126 valence electrons. The third-order valence-electron chi connectivity index (χ3n) is 3.64. The van der Waals surface area contributed by atoms with Crippen molar-refractivity contribution < 1.29 is 18.7 Å². The maximum absolute atomic E-state index is 14.3. The summed E-state index contributed by atoms with van der Waals surface area (Å²) in [5.41, 5.74) is 6.06. The van der Waals surface area contributed by atoms with Crippen LogP contribution in [0.1, 0.15) is 0 Å². The van der Waals surface area contributed by atoms with E-state index in [0.717, 1.165) is 0 Å². The molecule has 1 aliphatic rings. The lowest BCUT2D eigenvalue weighted by Crippen LogP contribution is -2.45. The molecule has 23 heavy (non-hydrogen) atoms. The zero-order valence-corrected chi connectivity index (χ0v) is 13.2. The molecule has 1 heterocycles. The molecule has 1 aromatic carbocycles. The van der Waals surface area contributed by atoms with Crippen molar-refractivity contribution in [3.05, 3.63) is 24.0 Å². The van der Waals surface area contributed by atoms with Crippen LogP contribution in [0.4, 0.5) is 15.8 Å². The minimum absolute atomic E-state index is 0.0566. The first-order valence-electron chi connectivity index (χ1n) is 7.29. The number of amides is 2. The van der Waals surface area contributed by atoms with E-state index in [1.807, 2.05) is 0 Å². The fraction of sp³-hybridized carbons (Fsp3) is 0.467. The van der Waals surface area contributed by atoms with Crippen molar-refractivity contribution in [3.8, 4) is 0 Å². The molecule has 2 amide bonds. The van der Waals surface area contributed by atoms with E-state index in [1.165, 1.54) is 17.0 Å². The van der Waals surface area contributed by atoms with Crippen LogP contribution in [0.25, 0.3) is 0 Å². The van der Waals surface area contributed by atoms with Gasteiger partial charge in [-0.25, -0.2) is 4.39 Å². The number of halogens is 1. The lowest BCUT2D eigenvalue weighted by molar-refractivity contribution is -0.125. The van der Waals surface area contributed by atoms with E-state index in [0.29, 0.717) is 18.8 Å². The fourth-order valence-electron chi connectivity index (χ4n) is 2.35. The van der Waals surface area contributed by atoms with Gasteiger partial charge in [0.25, 0.3) is 5.91 Å². The second kappa shape index (κ2) is 7.49. The monoisotopic (exact) mass is 324 g/mol. The topological polar surface area (TPSA) is 87.9 Å². The molecule has 0 bridgehead atoms. The van der Waals surface area contributed by atoms with Gasteiger partial charge in [0.1, 0.15) is 18.5 Å². The highest BCUT2D eigenvalue weighted by Gasteiger charge is 2.24. The number of carbonyl (C=O) groups excluding carboxylic acids is 2. The Morgan fingerprint density at radius 1 is 1.52 bits per heavy atom. The van der Waals surface area contributed by atoms with Gasteiger partial charge < -0.3 is 20.7 Å². The van der Waals surface area contributed by atoms with Gasteiger partial charge in [-0.1, -0.05) is 0 Å². The molecule has 1 saturated heterocycles. The van der Waals surface area contributed by atoms with Crippen LogP contribution in [0.3, 0.4) is 0 Å². The largest absolute Gasteiger partial charge is 0.370 e. The van der Waals surface area contributed by atoms with Crippen LogP contribution in [0.15, 0.2) is 18.2 Å². The quantitative estimate of drug-likeness (QED) is 0.797. The number of nitrogens with two attached hydrogens (primary N) is 1. The SMILES string of the molecule is CN(C)[C@H](CN)C(=O)Nc1ccc(N2CCOCC2=O)c(F)c1. The Kier molecular flexibility index (Phi) is 5.64. The fourth-order valence-corrected chi connectivity index (χ4v) is 2.35. The van der Waals surface area contributed by atoms with Crippen LogP contribution in [0.5, 0.6) is 0 Å². The van der Waals surface area contributed by atoms with Crippen molar-refractivity contribution in [2.75, 3.05) is 50.6 Å². The standard InChI is InChI=1S/C15H21FN4O3/c1-19(2)13(8-17)15(22)18-10-3-4-12(11(16)7-10)20-5-6-23-9-14(20)21/h3-4,7,13H,5-6,8-9,17H2,1-2H3,(H,18,22)/t13-/m1/s1. The summed E-state index contributed by atoms with van der Waals surface area (Å²) in [6, 6.07) is 3.72. The van der Waals surface area contributed by atoms with Gasteiger partial charge in [-0.05, 0) is 32.3 Å². The first-order chi connectivity index (χ1) is 10.9. The number of anilines is 2. The summed E-state index contributed by atoms with van der Waals surface area (Å²) in [5, 5.41) is 2.63. The number of morpholine rings is 1. The van der Waals surface area contributed by atoms with Gasteiger partial charge in [0.15, 0.2) is 0 Å². The number of rotatable bonds is 5. The number of hydrogen-bond donors (Lipinski definition) is 2. The average Bonchev–Trinajstić information content (AvgIpc) is 2.49. The van der Waals surface area contributed by atoms with Gasteiger partial charge in [0.05, 0.1) is 12.3 Å². The second-order valence-corrected chi connectivity index (χ2v) is 5.47. The van der Waals surface area contributed by atoms with Crippen molar-refractivity contribution in [2.24, 2.45) is 5.73 Å². The van der Waals surface area contributed by atoms with Gasteiger partial charge in [-0.2, -0.15) is 0 Å². The normalized spacial score (nSPS) is 16.6. The van der Waals surface area contributed by atoms with Crippen LogP contribution in [0.2, 0.25) is 0 Å². The number of benzene rings is 1. The molecule has 8 heteroatoms. The van der Waals surface area contributed by atoms with Gasteiger partial charge in [-0.15, -0.1) is 0 Å². The number of carbonyl (C=O) groups is 2. The highest BCUT2D eigenvalue weighted by molar-refractivity contribution is 5.97. The summed E-state index contributed by atoms with van der Waals surface area (Å²) in [5.74, 6) is -1.18. The molecule has 0 spiro atoms. The highest BCUT2D eigenvalue weighted by Crippen LogP contribution is 2.24. The minimum atomic E-state index is -0.577. The van der Waals surface area contributed by atoms with Crippen molar-refractivity contribution in [3.63, 3.8) is 0 Å². The van der Waals surface area contributed by atoms with Gasteiger partial charge in [-0.3, -0.25) is 14.5 Å². The minimum Gasteiger partial charge on any atom is -0.370 e. The predicted molar refractivity (Wildman–Crippen MR) is 84.7 cm³/mol. The molecule has 1 aromatic rings. The van der Waals surface area contributed by atoms with Gasteiger partial charge in [0.2, 0.25) is 5.91 Å². The number of likely N-dealkylation sites (N-methyl/N-ethyl adjacent to an activating group) is 1. The molecule has 0 aromatic heterocycles. The molecule has 1 fully saturated rings.